The van der Waals surface area contributed by atoms with E-state index in [1.165, 1.54) is 44.9 Å². The molecule has 0 bridgehead atoms. The van der Waals surface area contributed by atoms with Gasteiger partial charge in [0.05, 0.1) is 5.60 Å². The summed E-state index contributed by atoms with van der Waals surface area (Å²) in [4.78, 5) is 0. The van der Waals surface area contributed by atoms with Crippen LogP contribution >= 0.6 is 0 Å². The van der Waals surface area contributed by atoms with Gasteiger partial charge in [-0.1, -0.05) is 40.5 Å². The first-order chi connectivity index (χ1) is 9.44. The number of rotatable bonds is 6. The van der Waals surface area contributed by atoms with Crippen molar-refractivity contribution in [3.63, 3.8) is 0 Å². The number of nitrogens with one attached hydrogen (secondary N) is 1. The first kappa shape index (κ1) is 16.3. The monoisotopic (exact) mass is 281 g/mol. The molecule has 2 nitrogen and oxygen atoms in total. The molecule has 2 fully saturated rings. The fourth-order valence-electron chi connectivity index (χ4n) is 4.07. The van der Waals surface area contributed by atoms with Crippen LogP contribution in [0.25, 0.3) is 0 Å². The van der Waals surface area contributed by atoms with Gasteiger partial charge in [0.1, 0.15) is 0 Å². The van der Waals surface area contributed by atoms with Crippen molar-refractivity contribution in [2.45, 2.75) is 78.2 Å². The van der Waals surface area contributed by atoms with Crippen LogP contribution < -0.4 is 5.32 Å². The largest absolute Gasteiger partial charge is 0.375 e. The molecule has 1 aliphatic heterocycles. The maximum atomic E-state index is 6.19. The molecular formula is C18H35NO. The lowest BCUT2D eigenvalue weighted by Crippen LogP contribution is -2.43. The topological polar surface area (TPSA) is 21.3 Å². The molecule has 1 atom stereocenters. The molecule has 0 aromatic carbocycles. The molecule has 1 aliphatic carbocycles. The van der Waals surface area contributed by atoms with Crippen molar-refractivity contribution in [2.24, 2.45) is 17.3 Å². The van der Waals surface area contributed by atoms with Crippen molar-refractivity contribution in [2.75, 3.05) is 19.7 Å². The van der Waals surface area contributed by atoms with Gasteiger partial charge in [-0.2, -0.15) is 0 Å². The van der Waals surface area contributed by atoms with Crippen LogP contribution in [0.4, 0.5) is 0 Å². The van der Waals surface area contributed by atoms with Crippen LogP contribution in [-0.2, 0) is 4.74 Å². The SMILES string of the molecule is CC(C)CNCCC(C)(C)C1CCOC2(CCCC2)C1. The standard InChI is InChI=1S/C18H35NO/c1-15(2)14-19-11-10-17(3,4)16-7-12-20-18(13-16)8-5-6-9-18/h15-16,19H,5-14H2,1-4H3. The van der Waals surface area contributed by atoms with E-state index >= 15 is 0 Å². The Balaban J connectivity index is 1.81. The lowest BCUT2D eigenvalue weighted by molar-refractivity contribution is -0.113. The first-order valence-corrected chi connectivity index (χ1v) is 8.78. The minimum atomic E-state index is 0.269. The summed E-state index contributed by atoms with van der Waals surface area (Å²) in [5.41, 5.74) is 0.717. The zero-order valence-corrected chi connectivity index (χ0v) is 14.1. The third-order valence-corrected chi connectivity index (χ3v) is 5.61. The summed E-state index contributed by atoms with van der Waals surface area (Å²) in [5.74, 6) is 1.60. The molecular weight excluding hydrogens is 246 g/mol. The third kappa shape index (κ3) is 4.21. The molecule has 2 aliphatic rings. The Kier molecular flexibility index (Phi) is 5.53. The van der Waals surface area contributed by atoms with E-state index < -0.39 is 0 Å². The maximum absolute atomic E-state index is 6.19. The molecule has 1 spiro atoms. The Labute approximate surface area is 126 Å². The lowest BCUT2D eigenvalue weighted by atomic mass is 9.68. The van der Waals surface area contributed by atoms with Crippen molar-refractivity contribution in [1.29, 1.82) is 0 Å². The van der Waals surface area contributed by atoms with Crippen LogP contribution in [0.1, 0.15) is 72.6 Å². The minimum absolute atomic E-state index is 0.269. The van der Waals surface area contributed by atoms with Crippen molar-refractivity contribution in [3.8, 4) is 0 Å². The van der Waals surface area contributed by atoms with Gasteiger partial charge in [0.2, 0.25) is 0 Å². The molecule has 20 heavy (non-hydrogen) atoms. The molecule has 0 amide bonds. The average Bonchev–Trinajstić information content (AvgIpc) is 2.83. The van der Waals surface area contributed by atoms with Crippen LogP contribution in [0, 0.1) is 17.3 Å². The molecule has 1 saturated heterocycles. The van der Waals surface area contributed by atoms with Gasteiger partial charge in [0.25, 0.3) is 0 Å². The highest BCUT2D eigenvalue weighted by atomic mass is 16.5. The molecule has 2 rings (SSSR count). The van der Waals surface area contributed by atoms with Gasteiger partial charge in [-0.3, -0.25) is 0 Å². The zero-order valence-electron chi connectivity index (χ0n) is 14.1. The highest BCUT2D eigenvalue weighted by molar-refractivity contribution is 4.95. The van der Waals surface area contributed by atoms with Gasteiger partial charge in [-0.05, 0) is 62.4 Å². The Morgan fingerprint density at radius 3 is 2.60 bits per heavy atom. The molecule has 118 valence electrons. The summed E-state index contributed by atoms with van der Waals surface area (Å²) in [7, 11) is 0. The van der Waals surface area contributed by atoms with Crippen LogP contribution in [0.15, 0.2) is 0 Å². The minimum Gasteiger partial charge on any atom is -0.375 e. The number of ether oxygens (including phenoxy) is 1. The summed E-state index contributed by atoms with van der Waals surface area (Å²) in [6.07, 6.45) is 9.24. The van der Waals surface area contributed by atoms with E-state index in [1.54, 1.807) is 0 Å². The van der Waals surface area contributed by atoms with E-state index in [4.69, 9.17) is 4.74 Å². The molecule has 0 aromatic heterocycles. The Hall–Kier alpha value is -0.0800. The Morgan fingerprint density at radius 1 is 1.25 bits per heavy atom. The smallest absolute Gasteiger partial charge is 0.0685 e. The van der Waals surface area contributed by atoms with E-state index in [0.717, 1.165) is 31.5 Å². The summed E-state index contributed by atoms with van der Waals surface area (Å²) in [6, 6.07) is 0. The average molecular weight is 281 g/mol. The fraction of sp³-hybridized carbons (Fsp3) is 1.00. The molecule has 1 N–H and O–H groups in total. The second-order valence-electron chi connectivity index (χ2n) is 8.26. The second-order valence-corrected chi connectivity index (χ2v) is 8.26. The molecule has 0 radical (unpaired) electrons. The van der Waals surface area contributed by atoms with Crippen LogP contribution in [-0.4, -0.2) is 25.3 Å². The summed E-state index contributed by atoms with van der Waals surface area (Å²) >= 11 is 0. The fourth-order valence-corrected chi connectivity index (χ4v) is 4.07. The predicted molar refractivity (Wildman–Crippen MR) is 86.0 cm³/mol. The van der Waals surface area contributed by atoms with E-state index in [2.05, 4.69) is 33.0 Å². The van der Waals surface area contributed by atoms with Gasteiger partial charge in [-0.25, -0.2) is 0 Å². The van der Waals surface area contributed by atoms with E-state index in [-0.39, 0.29) is 5.60 Å². The Morgan fingerprint density at radius 2 is 1.95 bits per heavy atom. The molecule has 1 saturated carbocycles. The molecule has 1 heterocycles. The normalized spacial score (nSPS) is 26.6. The Bertz CT molecular complexity index is 292. The molecule has 0 aromatic rings. The van der Waals surface area contributed by atoms with Crippen LogP contribution in [0.2, 0.25) is 0 Å². The van der Waals surface area contributed by atoms with Crippen molar-refractivity contribution >= 4 is 0 Å². The summed E-state index contributed by atoms with van der Waals surface area (Å²) in [5, 5.41) is 3.61. The van der Waals surface area contributed by atoms with Crippen molar-refractivity contribution in [1.82, 2.24) is 5.32 Å². The predicted octanol–water partition coefficient (Wildman–Crippen LogP) is 4.39. The van der Waals surface area contributed by atoms with Gasteiger partial charge < -0.3 is 10.1 Å². The van der Waals surface area contributed by atoms with Crippen LogP contribution in [0.5, 0.6) is 0 Å². The van der Waals surface area contributed by atoms with Gasteiger partial charge in [0, 0.05) is 6.61 Å². The molecule has 2 heteroatoms. The van der Waals surface area contributed by atoms with Crippen molar-refractivity contribution < 1.29 is 4.74 Å². The van der Waals surface area contributed by atoms with Gasteiger partial charge >= 0.3 is 0 Å². The zero-order chi connectivity index (χ0) is 14.6. The van der Waals surface area contributed by atoms with E-state index in [1.807, 2.05) is 0 Å². The van der Waals surface area contributed by atoms with E-state index in [9.17, 15) is 0 Å². The van der Waals surface area contributed by atoms with Crippen molar-refractivity contribution in [3.05, 3.63) is 0 Å². The van der Waals surface area contributed by atoms with E-state index in [0.29, 0.717) is 5.41 Å². The first-order valence-electron chi connectivity index (χ1n) is 8.78. The summed E-state index contributed by atoms with van der Waals surface area (Å²) in [6.45, 7) is 12.8. The number of hydrogen-bond acceptors (Lipinski definition) is 2. The highest BCUT2D eigenvalue weighted by Crippen LogP contribution is 2.48. The quantitative estimate of drug-likeness (QED) is 0.729. The highest BCUT2D eigenvalue weighted by Gasteiger charge is 2.43. The molecule has 1 unspecified atom stereocenters. The van der Waals surface area contributed by atoms with Gasteiger partial charge in [-0.15, -0.1) is 0 Å². The summed E-state index contributed by atoms with van der Waals surface area (Å²) < 4.78 is 6.19. The third-order valence-electron chi connectivity index (χ3n) is 5.61. The van der Waals surface area contributed by atoms with Crippen LogP contribution in [0.3, 0.4) is 0 Å². The second kappa shape index (κ2) is 6.79. The lowest BCUT2D eigenvalue weighted by Gasteiger charge is -2.45. The number of hydrogen-bond donors (Lipinski definition) is 1. The maximum Gasteiger partial charge on any atom is 0.0685 e. The van der Waals surface area contributed by atoms with Gasteiger partial charge in [0.15, 0.2) is 0 Å².